The van der Waals surface area contributed by atoms with Gasteiger partial charge in [-0.25, -0.2) is 0 Å². The molecule has 1 amide bonds. The summed E-state index contributed by atoms with van der Waals surface area (Å²) in [6.45, 7) is 4.27. The Kier molecular flexibility index (Phi) is 3.95. The molecule has 19 heavy (non-hydrogen) atoms. The normalized spacial score (nSPS) is 11.0. The SMILES string of the molecule is CC(C)Cc1cc(NC(=O)c2cc(Cl)c[nH]2)n(C)n1. The van der Waals surface area contributed by atoms with Crippen LogP contribution in [0.1, 0.15) is 30.0 Å². The number of carbonyl (C=O) groups excluding carboxylic acids is 1. The van der Waals surface area contributed by atoms with E-state index in [4.69, 9.17) is 11.6 Å². The van der Waals surface area contributed by atoms with Crippen molar-refractivity contribution in [1.82, 2.24) is 14.8 Å². The maximum atomic E-state index is 12.0. The van der Waals surface area contributed by atoms with E-state index in [1.807, 2.05) is 6.07 Å². The summed E-state index contributed by atoms with van der Waals surface area (Å²) < 4.78 is 1.67. The first-order chi connectivity index (χ1) is 8.95. The molecular formula is C13H17ClN4O. The Morgan fingerprint density at radius 1 is 1.53 bits per heavy atom. The van der Waals surface area contributed by atoms with E-state index in [9.17, 15) is 4.79 Å². The van der Waals surface area contributed by atoms with Gasteiger partial charge in [0.05, 0.1) is 10.7 Å². The first-order valence-electron chi connectivity index (χ1n) is 6.14. The van der Waals surface area contributed by atoms with Gasteiger partial charge in [-0.1, -0.05) is 25.4 Å². The van der Waals surface area contributed by atoms with E-state index in [1.165, 1.54) is 0 Å². The standard InChI is InChI=1S/C13H17ClN4O/c1-8(2)4-10-6-12(18(3)17-10)16-13(19)11-5-9(14)7-15-11/h5-8,15H,4H2,1-3H3,(H,16,19). The van der Waals surface area contributed by atoms with E-state index >= 15 is 0 Å². The van der Waals surface area contributed by atoms with E-state index in [0.717, 1.165) is 12.1 Å². The number of H-pyrrole nitrogens is 1. The Labute approximate surface area is 117 Å². The molecule has 0 aliphatic carbocycles. The molecule has 0 atom stereocenters. The zero-order valence-corrected chi connectivity index (χ0v) is 12.0. The van der Waals surface area contributed by atoms with Crippen molar-refractivity contribution >= 4 is 23.3 Å². The third kappa shape index (κ3) is 3.38. The predicted octanol–water partition coefficient (Wildman–Crippen LogP) is 2.85. The molecule has 0 aliphatic heterocycles. The zero-order valence-electron chi connectivity index (χ0n) is 11.2. The topological polar surface area (TPSA) is 62.7 Å². The minimum atomic E-state index is -0.231. The molecule has 102 valence electrons. The highest BCUT2D eigenvalue weighted by atomic mass is 35.5. The smallest absolute Gasteiger partial charge is 0.273 e. The second-order valence-corrected chi connectivity index (χ2v) is 5.36. The molecule has 2 aromatic heterocycles. The molecule has 0 radical (unpaired) electrons. The number of anilines is 1. The van der Waals surface area contributed by atoms with Crippen LogP contribution < -0.4 is 5.32 Å². The van der Waals surface area contributed by atoms with E-state index < -0.39 is 0 Å². The van der Waals surface area contributed by atoms with Crippen molar-refractivity contribution in [3.63, 3.8) is 0 Å². The van der Waals surface area contributed by atoms with Crippen LogP contribution in [-0.4, -0.2) is 20.7 Å². The molecule has 0 fully saturated rings. The van der Waals surface area contributed by atoms with Gasteiger partial charge in [-0.15, -0.1) is 0 Å². The van der Waals surface area contributed by atoms with Crippen molar-refractivity contribution in [2.24, 2.45) is 13.0 Å². The molecule has 2 heterocycles. The molecule has 0 spiro atoms. The van der Waals surface area contributed by atoms with Crippen LogP contribution in [0.15, 0.2) is 18.3 Å². The maximum Gasteiger partial charge on any atom is 0.273 e. The largest absolute Gasteiger partial charge is 0.356 e. The number of hydrogen-bond acceptors (Lipinski definition) is 2. The van der Waals surface area contributed by atoms with Crippen molar-refractivity contribution in [1.29, 1.82) is 0 Å². The van der Waals surface area contributed by atoms with Crippen LogP contribution in [0, 0.1) is 5.92 Å². The fraction of sp³-hybridized carbons (Fsp3) is 0.385. The summed E-state index contributed by atoms with van der Waals surface area (Å²) in [4.78, 5) is 14.8. The zero-order chi connectivity index (χ0) is 14.0. The molecule has 0 saturated carbocycles. The molecule has 0 aromatic carbocycles. The number of aromatic nitrogens is 3. The summed E-state index contributed by atoms with van der Waals surface area (Å²) in [5, 5.41) is 7.68. The molecule has 0 unspecified atom stereocenters. The number of aromatic amines is 1. The van der Waals surface area contributed by atoms with Gasteiger partial charge in [0.1, 0.15) is 11.5 Å². The highest BCUT2D eigenvalue weighted by Crippen LogP contribution is 2.15. The Morgan fingerprint density at radius 2 is 2.26 bits per heavy atom. The maximum absolute atomic E-state index is 12.0. The number of halogens is 1. The van der Waals surface area contributed by atoms with E-state index in [0.29, 0.717) is 22.5 Å². The minimum absolute atomic E-state index is 0.231. The summed E-state index contributed by atoms with van der Waals surface area (Å²) in [6, 6.07) is 3.48. The monoisotopic (exact) mass is 280 g/mol. The molecular weight excluding hydrogens is 264 g/mol. The molecule has 0 saturated heterocycles. The summed E-state index contributed by atoms with van der Waals surface area (Å²) in [5.74, 6) is 0.970. The van der Waals surface area contributed by atoms with Crippen LogP contribution >= 0.6 is 11.6 Å². The molecule has 5 nitrogen and oxygen atoms in total. The van der Waals surface area contributed by atoms with Crippen molar-refractivity contribution < 1.29 is 4.79 Å². The van der Waals surface area contributed by atoms with Crippen LogP contribution in [0.2, 0.25) is 5.02 Å². The molecule has 2 rings (SSSR count). The van der Waals surface area contributed by atoms with E-state index in [2.05, 4.69) is 29.2 Å². The van der Waals surface area contributed by atoms with Crippen molar-refractivity contribution in [2.75, 3.05) is 5.32 Å². The fourth-order valence-electron chi connectivity index (χ4n) is 1.84. The number of hydrogen-bond donors (Lipinski definition) is 2. The third-order valence-electron chi connectivity index (χ3n) is 2.68. The Bertz CT molecular complexity index is 585. The van der Waals surface area contributed by atoms with Gasteiger partial charge in [0.15, 0.2) is 0 Å². The van der Waals surface area contributed by atoms with Crippen LogP contribution in [0.5, 0.6) is 0 Å². The molecule has 6 heteroatoms. The third-order valence-corrected chi connectivity index (χ3v) is 2.90. The number of nitrogens with zero attached hydrogens (tertiary/aromatic N) is 2. The lowest BCUT2D eigenvalue weighted by molar-refractivity contribution is 0.102. The lowest BCUT2D eigenvalue weighted by atomic mass is 10.1. The van der Waals surface area contributed by atoms with Gasteiger partial charge < -0.3 is 10.3 Å². The van der Waals surface area contributed by atoms with E-state index in [1.54, 1.807) is 24.0 Å². The van der Waals surface area contributed by atoms with Crippen molar-refractivity contribution in [3.8, 4) is 0 Å². The second-order valence-electron chi connectivity index (χ2n) is 4.93. The summed E-state index contributed by atoms with van der Waals surface area (Å²) in [5.41, 5.74) is 1.40. The van der Waals surface area contributed by atoms with Gasteiger partial charge in [-0.3, -0.25) is 9.48 Å². The Balaban J connectivity index is 2.10. The average molecular weight is 281 g/mol. The minimum Gasteiger partial charge on any atom is -0.356 e. The molecule has 0 bridgehead atoms. The molecule has 2 N–H and O–H groups in total. The predicted molar refractivity (Wildman–Crippen MR) is 75.5 cm³/mol. The number of carbonyl (C=O) groups is 1. The summed E-state index contributed by atoms with van der Waals surface area (Å²) in [6.07, 6.45) is 2.46. The van der Waals surface area contributed by atoms with Gasteiger partial charge >= 0.3 is 0 Å². The van der Waals surface area contributed by atoms with Gasteiger partial charge in [0.2, 0.25) is 0 Å². The van der Waals surface area contributed by atoms with Crippen molar-refractivity contribution in [3.05, 3.63) is 34.7 Å². The van der Waals surface area contributed by atoms with Gasteiger partial charge in [0, 0.05) is 19.3 Å². The van der Waals surface area contributed by atoms with Crippen molar-refractivity contribution in [2.45, 2.75) is 20.3 Å². The Hall–Kier alpha value is -1.75. The first-order valence-corrected chi connectivity index (χ1v) is 6.51. The van der Waals surface area contributed by atoms with E-state index in [-0.39, 0.29) is 5.91 Å². The second kappa shape index (κ2) is 5.48. The van der Waals surface area contributed by atoms with Crippen LogP contribution in [-0.2, 0) is 13.5 Å². The highest BCUT2D eigenvalue weighted by molar-refractivity contribution is 6.31. The van der Waals surface area contributed by atoms with Crippen LogP contribution in [0.3, 0.4) is 0 Å². The number of aryl methyl sites for hydroxylation is 1. The molecule has 0 aliphatic rings. The summed E-state index contributed by atoms with van der Waals surface area (Å²) >= 11 is 5.77. The van der Waals surface area contributed by atoms with Gasteiger partial charge in [-0.2, -0.15) is 5.10 Å². The average Bonchev–Trinajstić information content (AvgIpc) is 2.86. The quantitative estimate of drug-likeness (QED) is 0.904. The van der Waals surface area contributed by atoms with Gasteiger partial charge in [-0.05, 0) is 18.4 Å². The highest BCUT2D eigenvalue weighted by Gasteiger charge is 2.12. The lowest BCUT2D eigenvalue weighted by Gasteiger charge is -2.02. The first kappa shape index (κ1) is 13.7. The summed E-state index contributed by atoms with van der Waals surface area (Å²) in [7, 11) is 1.81. The van der Waals surface area contributed by atoms with Gasteiger partial charge in [0.25, 0.3) is 5.91 Å². The number of amides is 1. The number of rotatable bonds is 4. The Morgan fingerprint density at radius 3 is 2.84 bits per heavy atom. The molecule has 2 aromatic rings. The lowest BCUT2D eigenvalue weighted by Crippen LogP contribution is -2.14. The van der Waals surface area contributed by atoms with Crippen LogP contribution in [0.4, 0.5) is 5.82 Å². The fourth-order valence-corrected chi connectivity index (χ4v) is 2.01. The number of nitrogens with one attached hydrogen (secondary N) is 2. The van der Waals surface area contributed by atoms with Crippen LogP contribution in [0.25, 0.3) is 0 Å².